The van der Waals surface area contributed by atoms with Crippen molar-refractivity contribution in [2.24, 2.45) is 11.5 Å². The summed E-state index contributed by atoms with van der Waals surface area (Å²) in [6.07, 6.45) is 0. The number of carbonyl (C=O) groups is 1. The van der Waals surface area contributed by atoms with Crippen LogP contribution in [0.15, 0.2) is 0 Å². The second kappa shape index (κ2) is 3.40. The summed E-state index contributed by atoms with van der Waals surface area (Å²) >= 11 is 0. The van der Waals surface area contributed by atoms with Gasteiger partial charge < -0.3 is 11.5 Å². The first-order chi connectivity index (χ1) is 3.68. The molecule has 0 rings (SSSR count). The van der Waals surface area contributed by atoms with Gasteiger partial charge in [-0.3, -0.25) is 10.1 Å². The van der Waals surface area contributed by atoms with Gasteiger partial charge in [0.2, 0.25) is 5.91 Å². The van der Waals surface area contributed by atoms with Gasteiger partial charge >= 0.3 is 0 Å². The molecule has 0 spiro atoms. The number of carbonyl (C=O) groups excluding carboxylic acids is 1. The quantitative estimate of drug-likeness (QED) is 0.388. The Hall–Kier alpha value is -0.610. The molecule has 48 valence electrons. The molecule has 0 aromatic carbocycles. The lowest BCUT2D eigenvalue weighted by Gasteiger charge is -2.04. The minimum absolute atomic E-state index is 0.282. The van der Waals surface area contributed by atoms with Crippen molar-refractivity contribution in [2.75, 3.05) is 6.67 Å². The van der Waals surface area contributed by atoms with E-state index in [0.717, 1.165) is 0 Å². The Morgan fingerprint density at radius 1 is 1.88 bits per heavy atom. The van der Waals surface area contributed by atoms with E-state index in [-0.39, 0.29) is 18.6 Å². The average Bonchev–Trinajstić information content (AvgIpc) is 1.67. The zero-order valence-corrected chi connectivity index (χ0v) is 4.85. The number of nitrogens with two attached hydrogens (primary N) is 2. The van der Waals surface area contributed by atoms with Crippen molar-refractivity contribution < 1.29 is 4.79 Å². The fraction of sp³-hybridized carbons (Fsp3) is 0.750. The molecule has 0 aliphatic carbocycles. The molecule has 8 heavy (non-hydrogen) atoms. The van der Waals surface area contributed by atoms with E-state index >= 15 is 0 Å². The highest BCUT2D eigenvalue weighted by atomic mass is 16.1. The summed E-state index contributed by atoms with van der Waals surface area (Å²) < 4.78 is 0. The molecule has 0 fully saturated rings. The SMILES string of the molecule is CC(NCN)C(N)=O. The van der Waals surface area contributed by atoms with Crippen LogP contribution in [-0.4, -0.2) is 18.6 Å². The van der Waals surface area contributed by atoms with Gasteiger partial charge in [0.15, 0.2) is 0 Å². The van der Waals surface area contributed by atoms with Crippen LogP contribution in [0, 0.1) is 0 Å². The lowest BCUT2D eigenvalue weighted by Crippen LogP contribution is -2.41. The Balaban J connectivity index is 3.32. The second-order valence-electron chi connectivity index (χ2n) is 1.53. The molecule has 0 aliphatic rings. The van der Waals surface area contributed by atoms with Gasteiger partial charge in [-0.1, -0.05) is 0 Å². The van der Waals surface area contributed by atoms with E-state index < -0.39 is 0 Å². The molecule has 1 amide bonds. The number of rotatable bonds is 3. The van der Waals surface area contributed by atoms with E-state index in [4.69, 9.17) is 11.5 Å². The van der Waals surface area contributed by atoms with E-state index in [0.29, 0.717) is 0 Å². The van der Waals surface area contributed by atoms with Crippen LogP contribution < -0.4 is 16.8 Å². The topological polar surface area (TPSA) is 81.1 Å². The first-order valence-corrected chi connectivity index (χ1v) is 2.41. The van der Waals surface area contributed by atoms with Crippen molar-refractivity contribution in [1.29, 1.82) is 0 Å². The van der Waals surface area contributed by atoms with Crippen molar-refractivity contribution in [3.63, 3.8) is 0 Å². The van der Waals surface area contributed by atoms with Gasteiger partial charge in [-0.15, -0.1) is 0 Å². The average molecular weight is 117 g/mol. The highest BCUT2D eigenvalue weighted by molar-refractivity contribution is 5.79. The van der Waals surface area contributed by atoms with Crippen LogP contribution in [0.4, 0.5) is 0 Å². The van der Waals surface area contributed by atoms with Crippen molar-refractivity contribution in [3.8, 4) is 0 Å². The largest absolute Gasteiger partial charge is 0.368 e. The molecular formula is C4H11N3O. The van der Waals surface area contributed by atoms with Crippen LogP contribution in [0.3, 0.4) is 0 Å². The highest BCUT2D eigenvalue weighted by Crippen LogP contribution is 1.72. The third-order valence-electron chi connectivity index (χ3n) is 0.851. The molecule has 0 bridgehead atoms. The maximum atomic E-state index is 10.2. The summed E-state index contributed by atoms with van der Waals surface area (Å²) in [5, 5.41) is 2.65. The van der Waals surface area contributed by atoms with Gasteiger partial charge in [0, 0.05) is 6.67 Å². The van der Waals surface area contributed by atoms with Crippen LogP contribution in [0.25, 0.3) is 0 Å². The molecule has 0 aromatic rings. The van der Waals surface area contributed by atoms with E-state index in [9.17, 15) is 4.79 Å². The first kappa shape index (κ1) is 7.39. The predicted octanol–water partition coefficient (Wildman–Crippen LogP) is -1.63. The molecule has 0 aliphatic heterocycles. The van der Waals surface area contributed by atoms with Crippen molar-refractivity contribution in [3.05, 3.63) is 0 Å². The summed E-state index contributed by atoms with van der Waals surface area (Å²) in [4.78, 5) is 10.2. The normalized spacial score (nSPS) is 13.2. The fourth-order valence-corrected chi connectivity index (χ4v) is 0.277. The molecule has 0 heterocycles. The zero-order valence-electron chi connectivity index (χ0n) is 4.85. The molecule has 1 atom stereocenters. The molecule has 1 unspecified atom stereocenters. The Kier molecular flexibility index (Phi) is 3.14. The number of hydrogen-bond donors (Lipinski definition) is 3. The van der Waals surface area contributed by atoms with Crippen LogP contribution >= 0.6 is 0 Å². The lowest BCUT2D eigenvalue weighted by molar-refractivity contribution is -0.119. The van der Waals surface area contributed by atoms with Gasteiger partial charge in [0.05, 0.1) is 6.04 Å². The lowest BCUT2D eigenvalue weighted by atomic mass is 10.3. The molecular weight excluding hydrogens is 106 g/mol. The summed E-state index contributed by atoms with van der Waals surface area (Å²) in [5.74, 6) is -0.379. The maximum Gasteiger partial charge on any atom is 0.234 e. The second-order valence-corrected chi connectivity index (χ2v) is 1.53. The monoisotopic (exact) mass is 117 g/mol. The van der Waals surface area contributed by atoms with Crippen molar-refractivity contribution >= 4 is 5.91 Å². The molecule has 0 radical (unpaired) electrons. The first-order valence-electron chi connectivity index (χ1n) is 2.41. The number of nitrogens with one attached hydrogen (secondary N) is 1. The van der Waals surface area contributed by atoms with Gasteiger partial charge in [0.1, 0.15) is 0 Å². The van der Waals surface area contributed by atoms with E-state index in [1.54, 1.807) is 6.92 Å². The van der Waals surface area contributed by atoms with Crippen molar-refractivity contribution in [1.82, 2.24) is 5.32 Å². The Bertz CT molecular complexity index is 83.4. The Labute approximate surface area is 48.2 Å². The molecule has 4 heteroatoms. The van der Waals surface area contributed by atoms with E-state index in [1.807, 2.05) is 0 Å². The van der Waals surface area contributed by atoms with Gasteiger partial charge in [-0.05, 0) is 6.92 Å². The number of primary amides is 1. The fourth-order valence-electron chi connectivity index (χ4n) is 0.277. The number of hydrogen-bond acceptors (Lipinski definition) is 3. The highest BCUT2D eigenvalue weighted by Gasteiger charge is 2.03. The van der Waals surface area contributed by atoms with Crippen LogP contribution in [0.1, 0.15) is 6.92 Å². The van der Waals surface area contributed by atoms with Crippen LogP contribution in [-0.2, 0) is 4.79 Å². The summed E-state index contributed by atoms with van der Waals surface area (Å²) in [6.45, 7) is 1.94. The van der Waals surface area contributed by atoms with Crippen molar-refractivity contribution in [2.45, 2.75) is 13.0 Å². The van der Waals surface area contributed by atoms with Crippen LogP contribution in [0.2, 0.25) is 0 Å². The Morgan fingerprint density at radius 3 is 2.50 bits per heavy atom. The minimum Gasteiger partial charge on any atom is -0.368 e. The summed E-state index contributed by atoms with van der Waals surface area (Å²) in [7, 11) is 0. The van der Waals surface area contributed by atoms with Gasteiger partial charge in [-0.2, -0.15) is 0 Å². The molecule has 0 saturated heterocycles. The molecule has 5 N–H and O–H groups in total. The molecule has 0 aromatic heterocycles. The summed E-state index contributed by atoms with van der Waals surface area (Å²) in [6, 6.07) is -0.319. The minimum atomic E-state index is -0.379. The third-order valence-corrected chi connectivity index (χ3v) is 0.851. The van der Waals surface area contributed by atoms with Gasteiger partial charge in [0.25, 0.3) is 0 Å². The smallest absolute Gasteiger partial charge is 0.234 e. The molecule has 4 nitrogen and oxygen atoms in total. The van der Waals surface area contributed by atoms with E-state index in [2.05, 4.69) is 5.32 Å². The maximum absolute atomic E-state index is 10.2. The third kappa shape index (κ3) is 2.54. The van der Waals surface area contributed by atoms with E-state index in [1.165, 1.54) is 0 Å². The standard InChI is InChI=1S/C4H11N3O/c1-3(4(6)8)7-2-5/h3,7H,2,5H2,1H3,(H2,6,8). The molecule has 0 saturated carbocycles. The Morgan fingerprint density at radius 2 is 2.38 bits per heavy atom. The van der Waals surface area contributed by atoms with Gasteiger partial charge in [-0.25, -0.2) is 0 Å². The predicted molar refractivity (Wildman–Crippen MR) is 30.8 cm³/mol. The number of amides is 1. The van der Waals surface area contributed by atoms with Crippen LogP contribution in [0.5, 0.6) is 0 Å². The zero-order chi connectivity index (χ0) is 6.57. The summed E-state index contributed by atoms with van der Waals surface area (Å²) in [5.41, 5.74) is 9.91.